The van der Waals surface area contributed by atoms with Gasteiger partial charge in [0.1, 0.15) is 28.2 Å². The zero-order valence-corrected chi connectivity index (χ0v) is 30.3. The summed E-state index contributed by atoms with van der Waals surface area (Å²) in [6.45, 7) is 25.1. The molecule has 0 radical (unpaired) electrons. The van der Waals surface area contributed by atoms with Crippen molar-refractivity contribution in [3.63, 3.8) is 0 Å². The maximum atomic E-state index is 13.4. The summed E-state index contributed by atoms with van der Waals surface area (Å²) in [5.74, 6) is 0.716. The maximum absolute atomic E-state index is 13.4. The molecule has 1 aliphatic heterocycles. The summed E-state index contributed by atoms with van der Waals surface area (Å²) in [6, 6.07) is 5.58. The number of ether oxygens (including phenoxy) is 4. The first kappa shape index (κ1) is 38.8. The molecule has 12 heteroatoms. The van der Waals surface area contributed by atoms with E-state index in [0.717, 1.165) is 5.56 Å². The SMILES string of the molecule is CC(C)(C)OC(=O)N1CCN(Cc2cc(N)ccc2OC(C)(C)C)CCN(C(=O)OC(C)(C)C)CCN(C(=O)OC(C)(C)C)CC1. The van der Waals surface area contributed by atoms with E-state index in [1.54, 1.807) is 30.6 Å². The summed E-state index contributed by atoms with van der Waals surface area (Å²) in [7, 11) is 0. The molecule has 12 nitrogen and oxygen atoms in total. The second-order valence-electron chi connectivity index (χ2n) is 15.8. The van der Waals surface area contributed by atoms with E-state index in [-0.39, 0.29) is 26.2 Å². The lowest BCUT2D eigenvalue weighted by molar-refractivity contribution is 0.00444. The molecule has 0 aliphatic carbocycles. The van der Waals surface area contributed by atoms with Crippen molar-refractivity contribution in [2.24, 2.45) is 0 Å². The largest absolute Gasteiger partial charge is 0.488 e. The van der Waals surface area contributed by atoms with Crippen LogP contribution in [0.15, 0.2) is 18.2 Å². The first-order chi connectivity index (χ1) is 20.9. The number of rotatable bonds is 3. The third-order valence-corrected chi connectivity index (χ3v) is 6.50. The van der Waals surface area contributed by atoms with Crippen LogP contribution < -0.4 is 10.5 Å². The molecule has 3 amide bonds. The van der Waals surface area contributed by atoms with E-state index in [1.165, 1.54) is 4.90 Å². The van der Waals surface area contributed by atoms with Gasteiger partial charge in [-0.1, -0.05) is 0 Å². The Kier molecular flexibility index (Phi) is 13.0. The Bertz CT molecular complexity index is 1130. The lowest BCUT2D eigenvalue weighted by Crippen LogP contribution is -2.51. The van der Waals surface area contributed by atoms with Gasteiger partial charge in [0.05, 0.1) is 0 Å². The molecule has 1 aromatic carbocycles. The van der Waals surface area contributed by atoms with Gasteiger partial charge in [-0.25, -0.2) is 14.4 Å². The second kappa shape index (κ2) is 15.5. The van der Waals surface area contributed by atoms with Gasteiger partial charge in [-0.15, -0.1) is 0 Å². The minimum absolute atomic E-state index is 0.190. The van der Waals surface area contributed by atoms with Gasteiger partial charge < -0.3 is 39.4 Å². The highest BCUT2D eigenvalue weighted by Gasteiger charge is 2.30. The molecule has 0 bridgehead atoms. The van der Waals surface area contributed by atoms with Crippen LogP contribution in [0.2, 0.25) is 0 Å². The molecule has 1 fully saturated rings. The van der Waals surface area contributed by atoms with Gasteiger partial charge in [-0.05, 0) is 101 Å². The molecule has 46 heavy (non-hydrogen) atoms. The van der Waals surface area contributed by atoms with Crippen LogP contribution in [0, 0.1) is 0 Å². The monoisotopic (exact) mass is 649 g/mol. The van der Waals surface area contributed by atoms with Crippen molar-refractivity contribution in [1.82, 2.24) is 19.6 Å². The summed E-state index contributed by atoms with van der Waals surface area (Å²) in [5.41, 5.74) is 5.17. The highest BCUT2D eigenvalue weighted by atomic mass is 16.6. The van der Waals surface area contributed by atoms with E-state index >= 15 is 0 Å². The molecule has 0 aromatic heterocycles. The fourth-order valence-corrected chi connectivity index (χ4v) is 4.53. The molecule has 1 heterocycles. The Hall–Kier alpha value is -3.41. The Morgan fingerprint density at radius 2 is 0.935 bits per heavy atom. The van der Waals surface area contributed by atoms with Crippen molar-refractivity contribution in [2.75, 3.05) is 58.1 Å². The van der Waals surface area contributed by atoms with Crippen molar-refractivity contribution in [1.29, 1.82) is 0 Å². The van der Waals surface area contributed by atoms with Crippen LogP contribution in [-0.4, -0.2) is 113 Å². The number of carbonyl (C=O) groups is 3. The lowest BCUT2D eigenvalue weighted by atomic mass is 10.1. The third-order valence-electron chi connectivity index (χ3n) is 6.50. The Morgan fingerprint density at radius 3 is 1.26 bits per heavy atom. The summed E-state index contributed by atoms with van der Waals surface area (Å²) in [5, 5.41) is 0. The minimum atomic E-state index is -0.715. The number of carbonyl (C=O) groups excluding carboxylic acids is 3. The molecule has 0 atom stereocenters. The number of anilines is 1. The normalized spacial score (nSPS) is 16.7. The van der Waals surface area contributed by atoms with Gasteiger partial charge in [-0.3, -0.25) is 4.90 Å². The smallest absolute Gasteiger partial charge is 0.410 e. The molecule has 0 spiro atoms. The summed E-state index contributed by atoms with van der Waals surface area (Å²) >= 11 is 0. The zero-order chi connectivity index (χ0) is 35.1. The molecule has 262 valence electrons. The number of nitrogen functional groups attached to an aromatic ring is 1. The van der Waals surface area contributed by atoms with Gasteiger partial charge in [0.25, 0.3) is 0 Å². The topological polar surface area (TPSA) is 127 Å². The first-order valence-corrected chi connectivity index (χ1v) is 16.1. The molecule has 2 N–H and O–H groups in total. The fraction of sp³-hybridized carbons (Fsp3) is 0.735. The molecular formula is C34H59N5O7. The molecule has 2 rings (SSSR count). The van der Waals surface area contributed by atoms with Gasteiger partial charge in [0.15, 0.2) is 0 Å². The van der Waals surface area contributed by atoms with Gasteiger partial charge in [0, 0.05) is 70.2 Å². The predicted octanol–water partition coefficient (Wildman–Crippen LogP) is 5.97. The quantitative estimate of drug-likeness (QED) is 0.311. The number of benzene rings is 1. The van der Waals surface area contributed by atoms with Crippen molar-refractivity contribution in [3.8, 4) is 5.75 Å². The standard InChI is InChI=1S/C34H59N5O7/c1-31(2,3)43-27-14-13-26(35)23-25(27)24-36-15-17-37(28(40)44-32(4,5)6)19-21-39(30(42)46-34(10,11)12)22-20-38(18-16-36)29(41)45-33(7,8)9/h13-14,23H,15-22,24,35H2,1-12H3. The third kappa shape index (κ3) is 14.8. The van der Waals surface area contributed by atoms with Crippen molar-refractivity contribution < 1.29 is 33.3 Å². The Labute approximate surface area is 276 Å². The number of amides is 3. The van der Waals surface area contributed by atoms with Crippen LogP contribution >= 0.6 is 0 Å². The second-order valence-corrected chi connectivity index (χ2v) is 15.8. The van der Waals surface area contributed by atoms with Crippen LogP contribution in [0.1, 0.15) is 88.6 Å². The van der Waals surface area contributed by atoms with Crippen molar-refractivity contribution in [3.05, 3.63) is 23.8 Å². The van der Waals surface area contributed by atoms with Crippen LogP contribution in [-0.2, 0) is 20.8 Å². The highest BCUT2D eigenvalue weighted by Crippen LogP contribution is 2.27. The first-order valence-electron chi connectivity index (χ1n) is 16.1. The lowest BCUT2D eigenvalue weighted by Gasteiger charge is -2.36. The molecule has 1 aliphatic rings. The predicted molar refractivity (Wildman–Crippen MR) is 180 cm³/mol. The fourth-order valence-electron chi connectivity index (χ4n) is 4.53. The maximum Gasteiger partial charge on any atom is 0.410 e. The molecule has 1 aromatic rings. The average molecular weight is 650 g/mol. The number of hydrogen-bond donors (Lipinski definition) is 1. The van der Waals surface area contributed by atoms with E-state index in [0.29, 0.717) is 44.2 Å². The molecule has 1 saturated heterocycles. The summed E-state index contributed by atoms with van der Waals surface area (Å²) < 4.78 is 23.4. The average Bonchev–Trinajstić information content (AvgIpc) is 2.83. The summed E-state index contributed by atoms with van der Waals surface area (Å²) in [6.07, 6.45) is -1.46. The number of nitrogens with zero attached hydrogens (tertiary/aromatic N) is 4. The zero-order valence-electron chi connectivity index (χ0n) is 30.3. The number of nitrogens with two attached hydrogens (primary N) is 1. The molecule has 0 saturated carbocycles. The van der Waals surface area contributed by atoms with Gasteiger partial charge >= 0.3 is 18.3 Å². The van der Waals surface area contributed by atoms with Crippen molar-refractivity contribution in [2.45, 2.75) is 112 Å². The van der Waals surface area contributed by atoms with E-state index in [9.17, 15) is 14.4 Å². The van der Waals surface area contributed by atoms with Crippen LogP contribution in [0.25, 0.3) is 0 Å². The Morgan fingerprint density at radius 1 is 0.587 bits per heavy atom. The molecular weight excluding hydrogens is 590 g/mol. The van der Waals surface area contributed by atoms with Gasteiger partial charge in [-0.2, -0.15) is 0 Å². The van der Waals surface area contributed by atoms with E-state index < -0.39 is 40.7 Å². The van der Waals surface area contributed by atoms with Crippen LogP contribution in [0.5, 0.6) is 5.75 Å². The minimum Gasteiger partial charge on any atom is -0.488 e. The number of hydrogen-bond acceptors (Lipinski definition) is 9. The Balaban J connectivity index is 2.48. The van der Waals surface area contributed by atoms with Gasteiger partial charge in [0.2, 0.25) is 0 Å². The van der Waals surface area contributed by atoms with Crippen molar-refractivity contribution >= 4 is 24.0 Å². The van der Waals surface area contributed by atoms with E-state index in [2.05, 4.69) is 4.90 Å². The molecule has 0 unspecified atom stereocenters. The van der Waals surface area contributed by atoms with E-state index in [4.69, 9.17) is 24.7 Å². The summed E-state index contributed by atoms with van der Waals surface area (Å²) in [4.78, 5) is 46.9. The van der Waals surface area contributed by atoms with E-state index in [1.807, 2.05) is 80.5 Å². The van der Waals surface area contributed by atoms with Crippen LogP contribution in [0.4, 0.5) is 20.1 Å². The highest BCUT2D eigenvalue weighted by molar-refractivity contribution is 5.70. The van der Waals surface area contributed by atoms with Crippen LogP contribution in [0.3, 0.4) is 0 Å².